The first kappa shape index (κ1) is 20.8. The summed E-state index contributed by atoms with van der Waals surface area (Å²) in [6.45, 7) is 16.1. The highest BCUT2D eigenvalue weighted by atomic mass is 14.1. The number of allylic oxidation sites excluding steroid dienone is 5. The van der Waals surface area contributed by atoms with Crippen LogP contribution in [0.3, 0.4) is 0 Å². The van der Waals surface area contributed by atoms with Gasteiger partial charge in [-0.2, -0.15) is 0 Å². The molecular weight excluding hydrogens is 240 g/mol. The molecule has 0 spiro atoms. The van der Waals surface area contributed by atoms with Gasteiger partial charge in [-0.15, -0.1) is 0 Å². The normalized spacial score (nSPS) is 11.4. The van der Waals surface area contributed by atoms with Gasteiger partial charge in [0.25, 0.3) is 0 Å². The maximum absolute atomic E-state index is 4.13. The summed E-state index contributed by atoms with van der Waals surface area (Å²) in [5.41, 5.74) is 3.61. The maximum Gasteiger partial charge on any atom is -0.0184 e. The molecule has 112 valence electrons. The van der Waals surface area contributed by atoms with Crippen molar-refractivity contribution in [2.24, 2.45) is 0 Å². The van der Waals surface area contributed by atoms with E-state index >= 15 is 0 Å². The van der Waals surface area contributed by atoms with Crippen LogP contribution in [0.2, 0.25) is 0 Å². The highest BCUT2D eigenvalue weighted by Gasteiger charge is 2.03. The molecule has 0 unspecified atom stereocenters. The lowest BCUT2D eigenvalue weighted by Crippen LogP contribution is -1.89. The van der Waals surface area contributed by atoms with Gasteiger partial charge in [-0.3, -0.25) is 0 Å². The van der Waals surface area contributed by atoms with Crippen LogP contribution < -0.4 is 0 Å². The van der Waals surface area contributed by atoms with E-state index in [1.807, 2.05) is 59.7 Å². The van der Waals surface area contributed by atoms with Crippen molar-refractivity contribution in [3.63, 3.8) is 0 Å². The summed E-state index contributed by atoms with van der Waals surface area (Å²) in [4.78, 5) is 0. The average Bonchev–Trinajstić information content (AvgIpc) is 2.61. The minimum Gasteiger partial charge on any atom is -0.0906 e. The molecule has 20 heavy (non-hydrogen) atoms. The molecule has 1 aromatic rings. The lowest BCUT2D eigenvalue weighted by Gasteiger charge is -2.10. The quantitative estimate of drug-likeness (QED) is 0.541. The second-order valence-corrected chi connectivity index (χ2v) is 3.48. The summed E-state index contributed by atoms with van der Waals surface area (Å²) in [6.07, 6.45) is 8.93. The average molecular weight is 272 g/mol. The van der Waals surface area contributed by atoms with Gasteiger partial charge in [0.2, 0.25) is 0 Å². The molecule has 1 aliphatic rings. The third-order valence-electron chi connectivity index (χ3n) is 2.47. The molecule has 0 atom stereocenters. The van der Waals surface area contributed by atoms with E-state index in [0.29, 0.717) is 0 Å². The molecule has 0 heterocycles. The largest absolute Gasteiger partial charge is 0.0906 e. The van der Waals surface area contributed by atoms with Crippen molar-refractivity contribution in [1.29, 1.82) is 0 Å². The van der Waals surface area contributed by atoms with E-state index in [1.54, 1.807) is 0 Å². The minimum atomic E-state index is 1.13. The minimum absolute atomic E-state index is 1.13. The van der Waals surface area contributed by atoms with Crippen LogP contribution in [0.5, 0.6) is 0 Å². The Bertz CT molecular complexity index is 380. The number of hydrogen-bond donors (Lipinski definition) is 0. The molecule has 0 fully saturated rings. The summed E-state index contributed by atoms with van der Waals surface area (Å²) in [5, 5.41) is 0. The van der Waals surface area contributed by atoms with Crippen molar-refractivity contribution in [3.8, 4) is 0 Å². The first-order valence-corrected chi connectivity index (χ1v) is 7.99. The molecule has 0 heteroatoms. The van der Waals surface area contributed by atoms with Gasteiger partial charge in [0.15, 0.2) is 0 Å². The van der Waals surface area contributed by atoms with Crippen LogP contribution in [-0.2, 0) is 0 Å². The van der Waals surface area contributed by atoms with E-state index in [1.165, 1.54) is 11.1 Å². The molecule has 0 nitrogen and oxygen atoms in total. The summed E-state index contributed by atoms with van der Waals surface area (Å²) >= 11 is 0. The van der Waals surface area contributed by atoms with Gasteiger partial charge < -0.3 is 0 Å². The van der Waals surface area contributed by atoms with E-state index in [2.05, 4.69) is 36.9 Å². The van der Waals surface area contributed by atoms with Gasteiger partial charge in [0.05, 0.1) is 0 Å². The van der Waals surface area contributed by atoms with Crippen molar-refractivity contribution in [1.82, 2.24) is 0 Å². The van der Waals surface area contributed by atoms with Crippen LogP contribution in [0.4, 0.5) is 0 Å². The zero-order valence-corrected chi connectivity index (χ0v) is 14.2. The molecule has 1 aromatic carbocycles. The third-order valence-corrected chi connectivity index (χ3v) is 2.47. The van der Waals surface area contributed by atoms with Gasteiger partial charge in [0.1, 0.15) is 0 Å². The van der Waals surface area contributed by atoms with Crippen LogP contribution >= 0.6 is 0 Å². The lowest BCUT2D eigenvalue weighted by atomic mass is 9.95. The van der Waals surface area contributed by atoms with E-state index in [0.717, 1.165) is 18.4 Å². The summed E-state index contributed by atoms with van der Waals surface area (Å²) in [7, 11) is 0. The van der Waals surface area contributed by atoms with E-state index < -0.39 is 0 Å². The zero-order valence-electron chi connectivity index (χ0n) is 14.2. The molecule has 0 aromatic heterocycles. The molecule has 1 aliphatic carbocycles. The molecule has 2 rings (SSSR count). The van der Waals surface area contributed by atoms with Crippen LogP contribution in [0.25, 0.3) is 5.57 Å². The molecule has 0 amide bonds. The van der Waals surface area contributed by atoms with Gasteiger partial charge >= 0.3 is 0 Å². The predicted octanol–water partition coefficient (Wildman–Crippen LogP) is 7.05. The maximum atomic E-state index is 4.13. The molecule has 0 aliphatic heterocycles. The Morgan fingerprint density at radius 2 is 1.40 bits per heavy atom. The topological polar surface area (TPSA) is 0 Å². The Morgan fingerprint density at radius 1 is 0.850 bits per heavy atom. The van der Waals surface area contributed by atoms with E-state index in [9.17, 15) is 0 Å². The van der Waals surface area contributed by atoms with E-state index in [-0.39, 0.29) is 0 Å². The Morgan fingerprint density at radius 3 is 1.85 bits per heavy atom. The Kier molecular flexibility index (Phi) is 16.1. The SMILES string of the molecule is C=C(C1=CCCC=C1)c1ccccc1.CC.CC.CC. The molecule has 0 saturated carbocycles. The van der Waals surface area contributed by atoms with Crippen LogP contribution in [-0.4, -0.2) is 0 Å². The van der Waals surface area contributed by atoms with Gasteiger partial charge in [-0.05, 0) is 29.6 Å². The fourth-order valence-corrected chi connectivity index (χ4v) is 1.64. The first-order chi connectivity index (χ1) is 9.88. The predicted molar refractivity (Wildman–Crippen MR) is 96.0 cm³/mol. The fraction of sp³-hybridized carbons (Fsp3) is 0.400. The van der Waals surface area contributed by atoms with Gasteiger partial charge in [-0.1, -0.05) is 96.7 Å². The summed E-state index contributed by atoms with van der Waals surface area (Å²) in [5.74, 6) is 0. The smallest absolute Gasteiger partial charge is 0.0184 e. The highest BCUT2D eigenvalue weighted by molar-refractivity contribution is 5.80. The van der Waals surface area contributed by atoms with Crippen molar-refractivity contribution in [2.45, 2.75) is 54.4 Å². The highest BCUT2D eigenvalue weighted by Crippen LogP contribution is 2.24. The standard InChI is InChI=1S/C14H14.3C2H6/c1-12(13-8-4-2-5-9-13)14-10-6-3-7-11-14;3*1-2/h2,4-6,8-11H,1,3,7H2;3*1-2H3. The summed E-state index contributed by atoms with van der Waals surface area (Å²) < 4.78 is 0. The van der Waals surface area contributed by atoms with Crippen molar-refractivity contribution < 1.29 is 0 Å². The fourth-order valence-electron chi connectivity index (χ4n) is 1.64. The summed E-state index contributed by atoms with van der Waals surface area (Å²) in [6, 6.07) is 10.3. The number of benzene rings is 1. The first-order valence-electron chi connectivity index (χ1n) is 7.99. The van der Waals surface area contributed by atoms with Crippen LogP contribution in [0.1, 0.15) is 59.9 Å². The molecule has 0 bridgehead atoms. The molecule has 0 radical (unpaired) electrons. The number of hydrogen-bond acceptors (Lipinski definition) is 0. The second-order valence-electron chi connectivity index (χ2n) is 3.48. The van der Waals surface area contributed by atoms with Crippen molar-refractivity contribution >= 4 is 5.57 Å². The van der Waals surface area contributed by atoms with Gasteiger partial charge in [0, 0.05) is 0 Å². The second kappa shape index (κ2) is 15.5. The van der Waals surface area contributed by atoms with Gasteiger partial charge in [-0.25, -0.2) is 0 Å². The van der Waals surface area contributed by atoms with Crippen molar-refractivity contribution in [3.05, 3.63) is 66.3 Å². The molecule has 0 saturated heterocycles. The molecular formula is C20H32. The van der Waals surface area contributed by atoms with E-state index in [4.69, 9.17) is 0 Å². The third kappa shape index (κ3) is 7.78. The van der Waals surface area contributed by atoms with Crippen LogP contribution in [0, 0.1) is 0 Å². The monoisotopic (exact) mass is 272 g/mol. The Hall–Kier alpha value is -1.56. The Balaban J connectivity index is 0. The zero-order chi connectivity index (χ0) is 15.8. The van der Waals surface area contributed by atoms with Crippen molar-refractivity contribution in [2.75, 3.05) is 0 Å². The lowest BCUT2D eigenvalue weighted by molar-refractivity contribution is 1.03. The molecule has 0 N–H and O–H groups in total. The van der Waals surface area contributed by atoms with Crippen LogP contribution in [0.15, 0.2) is 60.7 Å². The number of rotatable bonds is 2. The Labute approximate surface area is 126 Å².